The summed E-state index contributed by atoms with van der Waals surface area (Å²) >= 11 is 0. The van der Waals surface area contributed by atoms with Gasteiger partial charge in [0.1, 0.15) is 41.8 Å². The highest BCUT2D eigenvalue weighted by atomic mass is 19.1. The molecule has 0 spiro atoms. The second-order valence-electron chi connectivity index (χ2n) is 11.5. The van der Waals surface area contributed by atoms with E-state index in [0.717, 1.165) is 4.90 Å². The molecule has 2 fully saturated rings. The van der Waals surface area contributed by atoms with Crippen molar-refractivity contribution in [2.75, 3.05) is 13.3 Å². The summed E-state index contributed by atoms with van der Waals surface area (Å²) in [6, 6.07) is 16.8. The molecule has 2 aromatic heterocycles. The predicted molar refractivity (Wildman–Crippen MR) is 157 cm³/mol. The summed E-state index contributed by atoms with van der Waals surface area (Å²) in [5.41, 5.74) is 1.64. The number of hydrogen-bond donors (Lipinski definition) is 3. The van der Waals surface area contributed by atoms with Gasteiger partial charge in [0, 0.05) is 27.1 Å². The van der Waals surface area contributed by atoms with Crippen molar-refractivity contribution < 1.29 is 42.8 Å². The van der Waals surface area contributed by atoms with Gasteiger partial charge in [0.05, 0.1) is 34.3 Å². The molecule has 0 saturated carbocycles. The molecule has 2 amide bonds. The molecule has 3 aliphatic rings. The van der Waals surface area contributed by atoms with E-state index in [1.165, 1.54) is 36.4 Å². The van der Waals surface area contributed by atoms with Gasteiger partial charge in [-0.25, -0.2) is 13.7 Å². The van der Waals surface area contributed by atoms with Crippen LogP contribution < -0.4 is 4.74 Å². The first-order valence-corrected chi connectivity index (χ1v) is 14.4. The molecule has 2 saturated heterocycles. The highest BCUT2D eigenvalue weighted by Crippen LogP contribution is 2.48. The molecule has 3 N–H and O–H groups in total. The lowest BCUT2D eigenvalue weighted by atomic mass is 9.96. The summed E-state index contributed by atoms with van der Waals surface area (Å²) in [7, 11) is 0. The fourth-order valence-electron chi connectivity index (χ4n) is 7.13. The smallest absolute Gasteiger partial charge is 0.265 e. The summed E-state index contributed by atoms with van der Waals surface area (Å²) in [6.07, 6.45) is -5.21. The minimum absolute atomic E-state index is 0.00299. The maximum atomic E-state index is 14.9. The van der Waals surface area contributed by atoms with Crippen molar-refractivity contribution >= 4 is 55.4 Å². The average molecular weight is 612 g/mol. The monoisotopic (exact) mass is 611 g/mol. The van der Waals surface area contributed by atoms with Crippen molar-refractivity contribution in [3.8, 4) is 5.75 Å². The summed E-state index contributed by atoms with van der Waals surface area (Å²) < 4.78 is 48.9. The predicted octanol–water partition coefficient (Wildman–Crippen LogP) is 4.36. The van der Waals surface area contributed by atoms with E-state index in [1.807, 2.05) is 0 Å². The largest absolute Gasteiger partial charge is 0.473 e. The molecule has 5 heterocycles. The number of nitrogens with zero attached hydrogens (tertiary/aromatic N) is 2. The molecule has 12 heteroatoms. The summed E-state index contributed by atoms with van der Waals surface area (Å²) in [5, 5.41) is 23.2. The van der Waals surface area contributed by atoms with Crippen LogP contribution in [0.5, 0.6) is 5.75 Å². The fraction of sp³-hybridized carbons (Fsp3) is 0.212. The summed E-state index contributed by atoms with van der Waals surface area (Å²) in [4.78, 5) is 32.6. The van der Waals surface area contributed by atoms with Crippen molar-refractivity contribution in [1.82, 2.24) is 14.5 Å². The van der Waals surface area contributed by atoms with Gasteiger partial charge < -0.3 is 34.0 Å². The molecule has 10 nitrogen and oxygen atoms in total. The molecule has 3 aliphatic heterocycles. The number of imide groups is 1. The summed E-state index contributed by atoms with van der Waals surface area (Å²) in [6.45, 7) is -0.336. The number of carbonyl (C=O) groups excluding carboxylic acids is 2. The van der Waals surface area contributed by atoms with Crippen molar-refractivity contribution in [1.29, 1.82) is 0 Å². The van der Waals surface area contributed by atoms with E-state index in [4.69, 9.17) is 14.2 Å². The number of hydrogen-bond acceptors (Lipinski definition) is 7. The van der Waals surface area contributed by atoms with Crippen LogP contribution in [-0.2, 0) is 9.47 Å². The first-order chi connectivity index (χ1) is 21.8. The topological polar surface area (TPSA) is 126 Å². The van der Waals surface area contributed by atoms with E-state index < -0.39 is 60.8 Å². The van der Waals surface area contributed by atoms with Crippen LogP contribution in [0.15, 0.2) is 66.7 Å². The number of H-pyrrole nitrogens is 1. The third-order valence-electron chi connectivity index (χ3n) is 9.10. The summed E-state index contributed by atoms with van der Waals surface area (Å²) in [5.74, 6) is -2.01. The molecule has 45 heavy (non-hydrogen) atoms. The van der Waals surface area contributed by atoms with E-state index in [1.54, 1.807) is 34.9 Å². The molecular formula is C33H23F2N3O7. The number of aromatic amines is 1. The molecule has 0 aliphatic carbocycles. The number of rotatable bonds is 4. The van der Waals surface area contributed by atoms with Gasteiger partial charge in [-0.2, -0.15) is 0 Å². The first-order valence-electron chi connectivity index (χ1n) is 14.4. The van der Waals surface area contributed by atoms with Gasteiger partial charge in [-0.15, -0.1) is 0 Å². The second kappa shape index (κ2) is 9.31. The number of nitrogens with one attached hydrogen (secondary N) is 1. The SMILES string of the molecule is O=C1c2c(c3c4cc(F)ccc4n([C@@H]4OC5COC([C@@H]5O)[C@H]4O)c3c3[nH]c4ccc(F)cc4c23)C(=O)N1COc1ccccc1. The van der Waals surface area contributed by atoms with Gasteiger partial charge in [-0.3, -0.25) is 9.59 Å². The Bertz CT molecular complexity index is 2250. The zero-order valence-electron chi connectivity index (χ0n) is 23.2. The second-order valence-corrected chi connectivity index (χ2v) is 11.5. The Labute approximate surface area is 251 Å². The van der Waals surface area contributed by atoms with Gasteiger partial charge in [-0.1, -0.05) is 18.2 Å². The molecule has 4 aromatic carbocycles. The highest BCUT2D eigenvalue weighted by molar-refractivity contribution is 6.39. The molecule has 5 atom stereocenters. The Morgan fingerprint density at radius 2 is 1.60 bits per heavy atom. The van der Waals surface area contributed by atoms with Crippen molar-refractivity contribution in [2.45, 2.75) is 30.6 Å². The molecule has 2 bridgehead atoms. The van der Waals surface area contributed by atoms with Gasteiger partial charge in [0.25, 0.3) is 11.8 Å². The molecule has 0 radical (unpaired) electrons. The number of benzene rings is 4. The number of aliphatic hydroxyl groups is 2. The Morgan fingerprint density at radius 1 is 0.889 bits per heavy atom. The number of amides is 2. The van der Waals surface area contributed by atoms with Gasteiger partial charge in [-0.05, 0) is 48.5 Å². The van der Waals surface area contributed by atoms with Crippen LogP contribution in [0.4, 0.5) is 8.78 Å². The van der Waals surface area contributed by atoms with Crippen LogP contribution in [0, 0.1) is 11.6 Å². The zero-order valence-corrected chi connectivity index (χ0v) is 23.2. The molecule has 9 rings (SSSR count). The third kappa shape index (κ3) is 3.56. The van der Waals surface area contributed by atoms with Crippen LogP contribution >= 0.6 is 0 Å². The van der Waals surface area contributed by atoms with Crippen LogP contribution in [-0.4, -0.2) is 74.2 Å². The van der Waals surface area contributed by atoms with Crippen molar-refractivity contribution in [2.24, 2.45) is 0 Å². The fourth-order valence-corrected chi connectivity index (χ4v) is 7.13. The molecular weight excluding hydrogens is 588 g/mol. The van der Waals surface area contributed by atoms with Gasteiger partial charge in [0.15, 0.2) is 13.0 Å². The Hall–Kier alpha value is -4.88. The van der Waals surface area contributed by atoms with Crippen LogP contribution in [0.2, 0.25) is 0 Å². The Balaban J connectivity index is 1.37. The van der Waals surface area contributed by atoms with Gasteiger partial charge >= 0.3 is 0 Å². The lowest BCUT2D eigenvalue weighted by molar-refractivity contribution is -0.192. The maximum Gasteiger partial charge on any atom is 0.265 e. The number of para-hydroxylation sites is 1. The van der Waals surface area contributed by atoms with Crippen molar-refractivity contribution in [3.05, 3.63) is 89.5 Å². The first kappa shape index (κ1) is 26.5. The number of fused-ring (bicyclic) bond motifs is 12. The Kier molecular flexibility index (Phi) is 5.49. The molecule has 2 unspecified atom stereocenters. The normalized spacial score (nSPS) is 24.5. The highest BCUT2D eigenvalue weighted by Gasteiger charge is 2.52. The van der Waals surface area contributed by atoms with Crippen LogP contribution in [0.3, 0.4) is 0 Å². The van der Waals surface area contributed by atoms with Crippen LogP contribution in [0.1, 0.15) is 26.9 Å². The number of aromatic nitrogens is 2. The zero-order chi connectivity index (χ0) is 30.7. The lowest BCUT2D eigenvalue weighted by Gasteiger charge is -2.36. The minimum atomic E-state index is -1.35. The molecule has 226 valence electrons. The van der Waals surface area contributed by atoms with E-state index in [9.17, 15) is 28.6 Å². The third-order valence-corrected chi connectivity index (χ3v) is 9.10. The lowest BCUT2D eigenvalue weighted by Crippen LogP contribution is -2.50. The van der Waals surface area contributed by atoms with E-state index in [-0.39, 0.29) is 23.1 Å². The van der Waals surface area contributed by atoms with E-state index in [2.05, 4.69) is 4.98 Å². The minimum Gasteiger partial charge on any atom is -0.473 e. The Morgan fingerprint density at radius 3 is 2.38 bits per heavy atom. The number of ether oxygens (including phenoxy) is 3. The number of aliphatic hydroxyl groups excluding tert-OH is 2. The van der Waals surface area contributed by atoms with Gasteiger partial charge in [0.2, 0.25) is 0 Å². The van der Waals surface area contributed by atoms with Crippen LogP contribution in [0.25, 0.3) is 43.6 Å². The number of halogens is 2. The maximum absolute atomic E-state index is 14.9. The standard InChI is InChI=1S/C33H23F2N3O7/c34-14-6-8-19-17(10-14)22-24-25(32(42)37(31(24)41)13-44-16-4-2-1-3-5-16)23-18-11-15(35)7-9-20(18)38(27(23)26(22)36-19)33-29(40)30-28(39)21(45-33)12-43-30/h1-11,21,28-30,33,36,39-40H,12-13H2/t21?,28-,29-,30?,33-/m1/s1. The average Bonchev–Trinajstić information content (AvgIpc) is 3.71. The quantitative estimate of drug-likeness (QED) is 0.253. The number of carbonyl (C=O) groups is 2. The molecule has 6 aromatic rings. The van der Waals surface area contributed by atoms with Crippen molar-refractivity contribution in [3.63, 3.8) is 0 Å². The van der Waals surface area contributed by atoms with E-state index >= 15 is 0 Å². The van der Waals surface area contributed by atoms with E-state index in [0.29, 0.717) is 44.0 Å².